The van der Waals surface area contributed by atoms with Crippen LogP contribution in [0.5, 0.6) is 0 Å². The maximum atomic E-state index is 12.8. The Morgan fingerprint density at radius 1 is 1.35 bits per heavy atom. The fourth-order valence-electron chi connectivity index (χ4n) is 3.44. The molecular weight excluding hydrogens is 308 g/mol. The highest BCUT2D eigenvalue weighted by Crippen LogP contribution is 2.37. The van der Waals surface area contributed by atoms with Crippen LogP contribution in [0.1, 0.15) is 35.4 Å². The van der Waals surface area contributed by atoms with Gasteiger partial charge in [0.05, 0.1) is 11.8 Å². The minimum absolute atomic E-state index is 0.0138. The molecule has 120 valence electrons. The van der Waals surface area contributed by atoms with Crippen LogP contribution in [0.4, 0.5) is 0 Å². The summed E-state index contributed by atoms with van der Waals surface area (Å²) in [5.74, 6) is 1.20. The van der Waals surface area contributed by atoms with Gasteiger partial charge in [0, 0.05) is 23.9 Å². The average molecular weight is 328 g/mol. The first-order valence-corrected chi connectivity index (χ1v) is 9.06. The van der Waals surface area contributed by atoms with Gasteiger partial charge in [0.1, 0.15) is 11.5 Å². The van der Waals surface area contributed by atoms with E-state index in [2.05, 4.69) is 17.3 Å². The third-order valence-electron chi connectivity index (χ3n) is 4.72. The van der Waals surface area contributed by atoms with E-state index in [1.54, 1.807) is 16.7 Å². The predicted molar refractivity (Wildman–Crippen MR) is 89.4 cm³/mol. The molecular formula is C18H20N2O2S. The molecule has 23 heavy (non-hydrogen) atoms. The van der Waals surface area contributed by atoms with Crippen LogP contribution in [-0.2, 0) is 30.6 Å². The molecule has 2 aliphatic rings. The highest BCUT2D eigenvalue weighted by atomic mass is 32.2. The Labute approximate surface area is 140 Å². The van der Waals surface area contributed by atoms with Gasteiger partial charge in [0.2, 0.25) is 5.91 Å². The van der Waals surface area contributed by atoms with Crippen LogP contribution in [0.15, 0.2) is 33.7 Å². The molecule has 1 aromatic heterocycles. The number of carbonyl (C=O) groups is 1. The molecule has 1 aliphatic heterocycles. The van der Waals surface area contributed by atoms with E-state index in [-0.39, 0.29) is 11.2 Å². The molecule has 0 fully saturated rings. The monoisotopic (exact) mass is 328 g/mol. The lowest BCUT2D eigenvalue weighted by Gasteiger charge is -2.20. The first-order chi connectivity index (χ1) is 11.2. The molecule has 1 amide bonds. The second kappa shape index (κ2) is 6.04. The average Bonchev–Trinajstić information content (AvgIpc) is 3.18. The minimum Gasteiger partial charge on any atom is -0.361 e. The lowest BCUT2D eigenvalue weighted by molar-refractivity contribution is -0.129. The molecule has 0 bridgehead atoms. The molecule has 0 saturated carbocycles. The van der Waals surface area contributed by atoms with Crippen LogP contribution in [0.3, 0.4) is 0 Å². The number of hydrogen-bond donors (Lipinski definition) is 0. The Bertz CT molecular complexity index is 715. The number of rotatable bonds is 3. The fraction of sp³-hybridized carbons (Fsp3) is 0.444. The summed E-state index contributed by atoms with van der Waals surface area (Å²) < 4.78 is 5.45. The molecule has 5 heteroatoms. The number of aromatic nitrogens is 1. The van der Waals surface area contributed by atoms with Gasteiger partial charge in [-0.15, -0.1) is 11.8 Å². The van der Waals surface area contributed by atoms with Gasteiger partial charge in [-0.25, -0.2) is 0 Å². The molecule has 2 heterocycles. The number of carbonyl (C=O) groups excluding carboxylic acids is 1. The Balaban J connectivity index is 1.45. The van der Waals surface area contributed by atoms with Gasteiger partial charge >= 0.3 is 0 Å². The zero-order valence-corrected chi connectivity index (χ0v) is 14.1. The highest BCUT2D eigenvalue weighted by molar-refractivity contribution is 8.01. The van der Waals surface area contributed by atoms with E-state index in [0.717, 1.165) is 30.7 Å². The summed E-state index contributed by atoms with van der Waals surface area (Å²) in [7, 11) is 1.87. The topological polar surface area (TPSA) is 46.3 Å². The molecule has 0 spiro atoms. The Kier molecular flexibility index (Phi) is 3.89. The number of nitrogens with zero attached hydrogens (tertiary/aromatic N) is 2. The molecule has 1 atom stereocenters. The van der Waals surface area contributed by atoms with Crippen molar-refractivity contribution < 1.29 is 9.32 Å². The second-order valence-electron chi connectivity index (χ2n) is 6.35. The lowest BCUT2D eigenvalue weighted by Crippen LogP contribution is -2.34. The number of aryl methyl sites for hydroxylation is 1. The molecule has 1 aromatic carbocycles. The summed E-state index contributed by atoms with van der Waals surface area (Å²) in [5.41, 5.74) is 3.46. The third-order valence-corrected chi connectivity index (χ3v) is 6.02. The molecule has 0 radical (unpaired) electrons. The smallest absolute Gasteiger partial charge is 0.236 e. The summed E-state index contributed by atoms with van der Waals surface area (Å²) in [5, 5.41) is 4.20. The number of benzene rings is 1. The molecule has 0 unspecified atom stereocenters. The van der Waals surface area contributed by atoms with E-state index in [0.29, 0.717) is 6.54 Å². The largest absolute Gasteiger partial charge is 0.361 e. The number of amides is 1. The van der Waals surface area contributed by atoms with Gasteiger partial charge < -0.3 is 9.42 Å². The van der Waals surface area contributed by atoms with Crippen LogP contribution in [0.25, 0.3) is 0 Å². The van der Waals surface area contributed by atoms with Gasteiger partial charge in [0.25, 0.3) is 0 Å². The van der Waals surface area contributed by atoms with Crippen LogP contribution in [0.2, 0.25) is 0 Å². The van der Waals surface area contributed by atoms with E-state index in [4.69, 9.17) is 4.52 Å². The molecule has 0 N–H and O–H groups in total. The van der Waals surface area contributed by atoms with E-state index in [1.807, 2.05) is 19.2 Å². The Morgan fingerprint density at radius 3 is 3.04 bits per heavy atom. The van der Waals surface area contributed by atoms with E-state index >= 15 is 0 Å². The van der Waals surface area contributed by atoms with Crippen molar-refractivity contribution in [3.8, 4) is 0 Å². The van der Waals surface area contributed by atoms with Crippen LogP contribution in [0, 0.1) is 0 Å². The normalized spacial score (nSPS) is 19.3. The molecule has 0 saturated heterocycles. The maximum absolute atomic E-state index is 12.8. The number of thioether (sulfide) groups is 1. The highest BCUT2D eigenvalue weighted by Gasteiger charge is 2.31. The van der Waals surface area contributed by atoms with Crippen LogP contribution in [-0.4, -0.2) is 28.3 Å². The van der Waals surface area contributed by atoms with Gasteiger partial charge in [-0.05, 0) is 37.3 Å². The summed E-state index contributed by atoms with van der Waals surface area (Å²) in [6, 6.07) is 8.28. The summed E-state index contributed by atoms with van der Waals surface area (Å²) in [6.45, 7) is 0.547. The summed E-state index contributed by atoms with van der Waals surface area (Å²) in [4.78, 5) is 15.8. The van der Waals surface area contributed by atoms with Gasteiger partial charge in [-0.1, -0.05) is 23.4 Å². The minimum atomic E-state index is -0.0138. The summed E-state index contributed by atoms with van der Waals surface area (Å²) in [6.07, 6.45) is 5.19. The van der Waals surface area contributed by atoms with Gasteiger partial charge in [-0.2, -0.15) is 0 Å². The summed E-state index contributed by atoms with van der Waals surface area (Å²) >= 11 is 1.68. The quantitative estimate of drug-likeness (QED) is 0.868. The molecule has 2 aromatic rings. The first-order valence-electron chi connectivity index (χ1n) is 8.18. The molecule has 4 nitrogen and oxygen atoms in total. The van der Waals surface area contributed by atoms with Crippen LogP contribution >= 0.6 is 11.8 Å². The predicted octanol–water partition coefficient (Wildman–Crippen LogP) is 3.23. The fourth-order valence-corrected chi connectivity index (χ4v) is 4.75. The standard InChI is InChI=1S/C18H20N2O2S/c1-20(11-14-13-7-3-4-8-15(13)22-19-14)18(21)17-10-12-6-2-5-9-16(12)23-17/h2,5-6,9,17H,3-4,7-8,10-11H2,1H3/t17-/m0/s1. The van der Waals surface area contributed by atoms with E-state index in [1.165, 1.54) is 28.9 Å². The molecule has 4 rings (SSSR count). The van der Waals surface area contributed by atoms with Crippen LogP contribution < -0.4 is 0 Å². The maximum Gasteiger partial charge on any atom is 0.236 e. The van der Waals surface area contributed by atoms with E-state index in [9.17, 15) is 4.79 Å². The van der Waals surface area contributed by atoms with E-state index < -0.39 is 0 Å². The Morgan fingerprint density at radius 2 is 2.17 bits per heavy atom. The SMILES string of the molecule is CN(Cc1noc2c1CCCC2)C(=O)[C@@H]1Cc2ccccc2S1. The second-order valence-corrected chi connectivity index (χ2v) is 7.60. The van der Waals surface area contributed by atoms with Crippen molar-refractivity contribution >= 4 is 17.7 Å². The third kappa shape index (κ3) is 2.78. The number of fused-ring (bicyclic) bond motifs is 2. The van der Waals surface area contributed by atoms with Crippen molar-refractivity contribution in [1.29, 1.82) is 0 Å². The van der Waals surface area contributed by atoms with Crippen molar-refractivity contribution in [1.82, 2.24) is 10.1 Å². The van der Waals surface area contributed by atoms with Gasteiger partial charge in [0.15, 0.2) is 0 Å². The van der Waals surface area contributed by atoms with Crippen molar-refractivity contribution in [3.63, 3.8) is 0 Å². The lowest BCUT2D eigenvalue weighted by atomic mass is 9.96. The zero-order valence-electron chi connectivity index (χ0n) is 13.2. The van der Waals surface area contributed by atoms with Gasteiger partial charge in [-0.3, -0.25) is 4.79 Å². The number of hydrogen-bond acceptors (Lipinski definition) is 4. The Hall–Kier alpha value is -1.75. The zero-order chi connectivity index (χ0) is 15.8. The first kappa shape index (κ1) is 14.8. The van der Waals surface area contributed by atoms with Crippen molar-refractivity contribution in [2.75, 3.05) is 7.05 Å². The van der Waals surface area contributed by atoms with Crippen molar-refractivity contribution in [2.24, 2.45) is 0 Å². The van der Waals surface area contributed by atoms with Crippen molar-refractivity contribution in [3.05, 3.63) is 46.8 Å². The van der Waals surface area contributed by atoms with Crippen molar-refractivity contribution in [2.45, 2.75) is 48.8 Å². The molecule has 1 aliphatic carbocycles.